The van der Waals surface area contributed by atoms with E-state index in [9.17, 15) is 9.59 Å². The van der Waals surface area contributed by atoms with Gasteiger partial charge in [0.2, 0.25) is 5.91 Å². The van der Waals surface area contributed by atoms with Crippen LogP contribution in [-0.2, 0) is 16.1 Å². The summed E-state index contributed by atoms with van der Waals surface area (Å²) in [5, 5.41) is 0. The number of piperazine rings is 1. The van der Waals surface area contributed by atoms with E-state index in [2.05, 4.69) is 6.92 Å². The number of nitrogens with zero attached hydrogens (tertiary/aromatic N) is 2. The minimum Gasteiger partial charge on any atom is -0.493 e. The number of amides is 2. The lowest BCUT2D eigenvalue weighted by Crippen LogP contribution is -2.58. The SMILES string of the molecule is COc1ccc([C@H]2C(=O)N(C3CCC(C)CC3)CC(=O)N2Cc2ccc(C)cc2)cc1OC. The number of aryl methyl sites for hydroxylation is 1. The van der Waals surface area contributed by atoms with Crippen molar-refractivity contribution in [2.45, 2.75) is 58.2 Å². The Morgan fingerprint density at radius 3 is 2.21 bits per heavy atom. The van der Waals surface area contributed by atoms with Gasteiger partial charge in [0.05, 0.1) is 14.2 Å². The highest BCUT2D eigenvalue weighted by molar-refractivity contribution is 5.96. The van der Waals surface area contributed by atoms with E-state index < -0.39 is 6.04 Å². The molecule has 0 bridgehead atoms. The van der Waals surface area contributed by atoms with Crippen molar-refractivity contribution in [1.82, 2.24) is 9.80 Å². The van der Waals surface area contributed by atoms with Crippen molar-refractivity contribution in [3.63, 3.8) is 0 Å². The van der Waals surface area contributed by atoms with Gasteiger partial charge >= 0.3 is 0 Å². The van der Waals surface area contributed by atoms with Crippen LogP contribution in [0.2, 0.25) is 0 Å². The Balaban J connectivity index is 1.70. The second kappa shape index (κ2) is 9.86. The number of methoxy groups -OCH3 is 2. The zero-order valence-corrected chi connectivity index (χ0v) is 20.0. The van der Waals surface area contributed by atoms with Crippen LogP contribution in [0.25, 0.3) is 0 Å². The second-order valence-corrected chi connectivity index (χ2v) is 9.40. The fourth-order valence-electron chi connectivity index (χ4n) is 5.03. The summed E-state index contributed by atoms with van der Waals surface area (Å²) in [5.74, 6) is 1.80. The third-order valence-corrected chi connectivity index (χ3v) is 7.08. The number of hydrogen-bond donors (Lipinski definition) is 0. The predicted molar refractivity (Wildman–Crippen MR) is 127 cm³/mol. The van der Waals surface area contributed by atoms with E-state index in [0.717, 1.165) is 42.4 Å². The number of rotatable bonds is 6. The monoisotopic (exact) mass is 450 g/mol. The molecule has 2 fully saturated rings. The Kier molecular flexibility index (Phi) is 6.91. The molecule has 33 heavy (non-hydrogen) atoms. The molecular weight excluding hydrogens is 416 g/mol. The first-order valence-electron chi connectivity index (χ1n) is 11.8. The van der Waals surface area contributed by atoms with Crippen LogP contribution in [0, 0.1) is 12.8 Å². The van der Waals surface area contributed by atoms with E-state index in [1.165, 1.54) is 0 Å². The normalized spacial score (nSPS) is 23.6. The molecule has 2 aromatic carbocycles. The Labute approximate surface area is 196 Å². The van der Waals surface area contributed by atoms with E-state index in [0.29, 0.717) is 24.0 Å². The largest absolute Gasteiger partial charge is 0.493 e. The standard InChI is InChI=1S/C27H34N2O4/c1-18-5-9-20(10-6-18)16-29-25(30)17-28(22-12-7-19(2)8-13-22)27(31)26(29)21-11-14-23(32-3)24(15-21)33-4/h5-6,9-11,14-15,19,22,26H,7-8,12-13,16-17H2,1-4H3/t19?,22?,26-/m0/s1. The third-order valence-electron chi connectivity index (χ3n) is 7.08. The summed E-state index contributed by atoms with van der Waals surface area (Å²) in [4.78, 5) is 30.9. The van der Waals surface area contributed by atoms with Crippen LogP contribution in [-0.4, -0.2) is 48.4 Å². The minimum atomic E-state index is -0.688. The molecule has 2 aromatic rings. The number of carbonyl (C=O) groups is 2. The molecule has 6 nitrogen and oxygen atoms in total. The molecule has 6 heteroatoms. The maximum atomic E-state index is 13.9. The molecule has 0 aromatic heterocycles. The summed E-state index contributed by atoms with van der Waals surface area (Å²) in [6, 6.07) is 13.0. The molecule has 0 N–H and O–H groups in total. The first-order valence-corrected chi connectivity index (χ1v) is 11.8. The van der Waals surface area contributed by atoms with Gasteiger partial charge in [0.25, 0.3) is 5.91 Å². The van der Waals surface area contributed by atoms with Gasteiger partial charge in [-0.2, -0.15) is 0 Å². The van der Waals surface area contributed by atoms with Gasteiger partial charge in [-0.05, 0) is 61.8 Å². The first-order chi connectivity index (χ1) is 15.9. The van der Waals surface area contributed by atoms with Crippen LogP contribution in [0.3, 0.4) is 0 Å². The number of benzene rings is 2. The van der Waals surface area contributed by atoms with Gasteiger partial charge in [-0.25, -0.2) is 0 Å². The molecule has 176 valence electrons. The van der Waals surface area contributed by atoms with Crippen LogP contribution in [0.5, 0.6) is 11.5 Å². The molecule has 1 heterocycles. The molecule has 0 spiro atoms. The van der Waals surface area contributed by atoms with E-state index in [1.807, 2.05) is 48.2 Å². The summed E-state index contributed by atoms with van der Waals surface area (Å²) >= 11 is 0. The van der Waals surface area contributed by atoms with E-state index in [1.54, 1.807) is 25.2 Å². The van der Waals surface area contributed by atoms with Crippen LogP contribution >= 0.6 is 0 Å². The lowest BCUT2D eigenvalue weighted by atomic mass is 9.85. The Hall–Kier alpha value is -3.02. The summed E-state index contributed by atoms with van der Waals surface area (Å²) in [5.41, 5.74) is 2.91. The van der Waals surface area contributed by atoms with Crippen molar-refractivity contribution in [3.05, 3.63) is 59.2 Å². The molecule has 2 aliphatic rings. The van der Waals surface area contributed by atoms with Crippen LogP contribution < -0.4 is 9.47 Å². The highest BCUT2D eigenvalue weighted by atomic mass is 16.5. The van der Waals surface area contributed by atoms with Crippen LogP contribution in [0.1, 0.15) is 55.3 Å². The van der Waals surface area contributed by atoms with Gasteiger partial charge in [0, 0.05) is 12.6 Å². The molecule has 0 radical (unpaired) electrons. The van der Waals surface area contributed by atoms with Crippen molar-refractivity contribution >= 4 is 11.8 Å². The van der Waals surface area contributed by atoms with E-state index >= 15 is 0 Å². The third kappa shape index (κ3) is 4.85. The van der Waals surface area contributed by atoms with E-state index in [-0.39, 0.29) is 24.4 Å². The fraction of sp³-hybridized carbons (Fsp3) is 0.481. The van der Waals surface area contributed by atoms with Crippen molar-refractivity contribution in [3.8, 4) is 11.5 Å². The van der Waals surface area contributed by atoms with Gasteiger partial charge in [-0.3, -0.25) is 9.59 Å². The fourth-order valence-corrected chi connectivity index (χ4v) is 5.03. The lowest BCUT2D eigenvalue weighted by Gasteiger charge is -2.45. The highest BCUT2D eigenvalue weighted by Gasteiger charge is 2.43. The van der Waals surface area contributed by atoms with Crippen molar-refractivity contribution in [2.24, 2.45) is 5.92 Å². The van der Waals surface area contributed by atoms with Crippen molar-refractivity contribution in [1.29, 1.82) is 0 Å². The van der Waals surface area contributed by atoms with Crippen molar-refractivity contribution in [2.75, 3.05) is 20.8 Å². The molecule has 1 saturated carbocycles. The van der Waals surface area contributed by atoms with Gasteiger partial charge in [-0.15, -0.1) is 0 Å². The smallest absolute Gasteiger partial charge is 0.250 e. The summed E-state index contributed by atoms with van der Waals surface area (Å²) < 4.78 is 10.9. The molecule has 1 aliphatic carbocycles. The second-order valence-electron chi connectivity index (χ2n) is 9.40. The molecule has 1 saturated heterocycles. The summed E-state index contributed by atoms with van der Waals surface area (Å²) in [6.07, 6.45) is 4.10. The zero-order valence-electron chi connectivity index (χ0n) is 20.0. The molecule has 2 amide bonds. The van der Waals surface area contributed by atoms with Crippen LogP contribution in [0.15, 0.2) is 42.5 Å². The Bertz CT molecular complexity index is 996. The maximum absolute atomic E-state index is 13.9. The maximum Gasteiger partial charge on any atom is 0.250 e. The van der Waals surface area contributed by atoms with Gasteiger partial charge in [-0.1, -0.05) is 42.8 Å². The van der Waals surface area contributed by atoms with Gasteiger partial charge in [0.1, 0.15) is 12.6 Å². The topological polar surface area (TPSA) is 59.1 Å². The molecule has 1 aliphatic heterocycles. The Morgan fingerprint density at radius 1 is 0.909 bits per heavy atom. The first kappa shape index (κ1) is 23.1. The van der Waals surface area contributed by atoms with Gasteiger partial charge in [0.15, 0.2) is 11.5 Å². The highest BCUT2D eigenvalue weighted by Crippen LogP contribution is 2.37. The molecule has 0 unspecified atom stereocenters. The summed E-state index contributed by atoms with van der Waals surface area (Å²) in [7, 11) is 3.16. The number of hydrogen-bond acceptors (Lipinski definition) is 4. The average Bonchev–Trinajstić information content (AvgIpc) is 2.83. The molecule has 4 rings (SSSR count). The average molecular weight is 451 g/mol. The zero-order chi connectivity index (χ0) is 23.5. The Morgan fingerprint density at radius 2 is 1.58 bits per heavy atom. The number of carbonyl (C=O) groups excluding carboxylic acids is 2. The van der Waals surface area contributed by atoms with E-state index in [4.69, 9.17) is 9.47 Å². The molecule has 1 atom stereocenters. The number of ether oxygens (including phenoxy) is 2. The van der Waals surface area contributed by atoms with Gasteiger partial charge < -0.3 is 19.3 Å². The quantitative estimate of drug-likeness (QED) is 0.650. The summed E-state index contributed by atoms with van der Waals surface area (Å²) in [6.45, 7) is 4.83. The predicted octanol–water partition coefficient (Wildman–Crippen LogP) is 4.50. The lowest BCUT2D eigenvalue weighted by molar-refractivity contribution is -0.160. The molecular formula is C27H34N2O4. The van der Waals surface area contributed by atoms with Crippen molar-refractivity contribution < 1.29 is 19.1 Å². The minimum absolute atomic E-state index is 0.00603. The van der Waals surface area contributed by atoms with Crippen LogP contribution in [0.4, 0.5) is 0 Å².